The Morgan fingerprint density at radius 3 is 1.96 bits per heavy atom. The quantitative estimate of drug-likeness (QED) is 0.824. The van der Waals surface area contributed by atoms with Gasteiger partial charge in [-0.1, -0.05) is 36.0 Å². The summed E-state index contributed by atoms with van der Waals surface area (Å²) in [6.45, 7) is 7.55. The van der Waals surface area contributed by atoms with E-state index in [9.17, 15) is 4.79 Å². The second-order valence-corrected chi connectivity index (χ2v) is 6.68. The molecule has 1 atom stereocenters. The predicted octanol–water partition coefficient (Wildman–Crippen LogP) is 4.55. The number of amides is 1. The molecule has 3 nitrogen and oxygen atoms in total. The topological polar surface area (TPSA) is 23.6 Å². The van der Waals surface area contributed by atoms with E-state index in [-0.39, 0.29) is 11.9 Å². The van der Waals surface area contributed by atoms with Gasteiger partial charge in [0.15, 0.2) is 0 Å². The van der Waals surface area contributed by atoms with Gasteiger partial charge in [-0.05, 0) is 45.0 Å². The second kappa shape index (κ2) is 6.67. The van der Waals surface area contributed by atoms with Crippen molar-refractivity contribution in [3.05, 3.63) is 48.5 Å². The van der Waals surface area contributed by atoms with Crippen molar-refractivity contribution < 1.29 is 4.79 Å². The molecule has 1 heterocycles. The SMILES string of the molecule is CCN(CC)C(=O)C(C)N1c2ccccc2Sc2ccccc21. The van der Waals surface area contributed by atoms with E-state index < -0.39 is 0 Å². The van der Waals surface area contributed by atoms with Crippen molar-refractivity contribution in [1.29, 1.82) is 0 Å². The van der Waals surface area contributed by atoms with Crippen molar-refractivity contribution in [2.45, 2.75) is 36.6 Å². The molecule has 0 N–H and O–H groups in total. The van der Waals surface area contributed by atoms with Gasteiger partial charge in [-0.15, -0.1) is 0 Å². The van der Waals surface area contributed by atoms with Crippen LogP contribution in [0.15, 0.2) is 58.3 Å². The van der Waals surface area contributed by atoms with Crippen LogP contribution in [0.1, 0.15) is 20.8 Å². The third-order valence-electron chi connectivity index (χ3n) is 4.29. The first-order chi connectivity index (χ1) is 11.2. The Bertz CT molecular complexity index is 667. The van der Waals surface area contributed by atoms with Crippen LogP contribution in [-0.4, -0.2) is 29.9 Å². The zero-order chi connectivity index (χ0) is 16.4. The van der Waals surface area contributed by atoms with Crippen LogP contribution in [0.5, 0.6) is 0 Å². The van der Waals surface area contributed by atoms with Crippen LogP contribution in [0, 0.1) is 0 Å². The molecule has 0 radical (unpaired) electrons. The van der Waals surface area contributed by atoms with Crippen LogP contribution in [0.25, 0.3) is 0 Å². The van der Waals surface area contributed by atoms with Gasteiger partial charge in [-0.25, -0.2) is 0 Å². The molecule has 23 heavy (non-hydrogen) atoms. The Balaban J connectivity index is 2.06. The van der Waals surface area contributed by atoms with E-state index in [1.54, 1.807) is 11.8 Å². The highest BCUT2D eigenvalue weighted by atomic mass is 32.2. The average molecular weight is 326 g/mol. The van der Waals surface area contributed by atoms with Crippen LogP contribution >= 0.6 is 11.8 Å². The summed E-state index contributed by atoms with van der Waals surface area (Å²) in [6.07, 6.45) is 0. The Morgan fingerprint density at radius 2 is 1.48 bits per heavy atom. The number of likely N-dealkylation sites (N-methyl/N-ethyl adjacent to an activating group) is 1. The maximum absolute atomic E-state index is 12.9. The molecule has 0 fully saturated rings. The fourth-order valence-corrected chi connectivity index (χ4v) is 4.13. The number of nitrogens with zero attached hydrogens (tertiary/aromatic N) is 2. The third-order valence-corrected chi connectivity index (χ3v) is 5.42. The van der Waals surface area contributed by atoms with Gasteiger partial charge < -0.3 is 9.80 Å². The molecule has 0 aromatic heterocycles. The van der Waals surface area contributed by atoms with Crippen LogP contribution in [-0.2, 0) is 4.79 Å². The zero-order valence-electron chi connectivity index (χ0n) is 13.8. The lowest BCUT2D eigenvalue weighted by Crippen LogP contribution is -2.46. The van der Waals surface area contributed by atoms with Crippen LogP contribution in [0.3, 0.4) is 0 Å². The molecule has 1 unspecified atom stereocenters. The van der Waals surface area contributed by atoms with E-state index in [1.807, 2.05) is 37.8 Å². The minimum absolute atomic E-state index is 0.173. The second-order valence-electron chi connectivity index (χ2n) is 5.59. The number of benzene rings is 2. The maximum atomic E-state index is 12.9. The summed E-state index contributed by atoms with van der Waals surface area (Å²) in [5.74, 6) is 0.173. The predicted molar refractivity (Wildman–Crippen MR) is 96.5 cm³/mol. The van der Waals surface area contributed by atoms with Crippen LogP contribution in [0.4, 0.5) is 11.4 Å². The van der Waals surface area contributed by atoms with Gasteiger partial charge in [-0.2, -0.15) is 0 Å². The van der Waals surface area contributed by atoms with Crippen molar-refractivity contribution in [3.8, 4) is 0 Å². The lowest BCUT2D eigenvalue weighted by Gasteiger charge is -2.38. The molecule has 0 bridgehead atoms. The average Bonchev–Trinajstić information content (AvgIpc) is 2.60. The first-order valence-electron chi connectivity index (χ1n) is 8.11. The van der Waals surface area contributed by atoms with E-state index in [0.29, 0.717) is 0 Å². The summed E-state index contributed by atoms with van der Waals surface area (Å²) in [7, 11) is 0. The molecular formula is C19H22N2OS. The fraction of sp³-hybridized carbons (Fsp3) is 0.316. The molecule has 3 rings (SSSR count). The van der Waals surface area contributed by atoms with Crippen molar-refractivity contribution in [1.82, 2.24) is 4.90 Å². The Hall–Kier alpha value is -1.94. The Labute approximate surface area is 142 Å². The monoisotopic (exact) mass is 326 g/mol. The smallest absolute Gasteiger partial charge is 0.245 e. The number of hydrogen-bond acceptors (Lipinski definition) is 3. The lowest BCUT2D eigenvalue weighted by atomic mass is 10.1. The van der Waals surface area contributed by atoms with E-state index >= 15 is 0 Å². The summed E-state index contributed by atoms with van der Waals surface area (Å²) < 4.78 is 0. The van der Waals surface area contributed by atoms with Crippen LogP contribution < -0.4 is 4.90 Å². The van der Waals surface area contributed by atoms with Gasteiger partial charge in [0.05, 0.1) is 11.4 Å². The zero-order valence-corrected chi connectivity index (χ0v) is 14.6. The minimum atomic E-state index is -0.224. The van der Waals surface area contributed by atoms with Crippen LogP contribution in [0.2, 0.25) is 0 Å². The van der Waals surface area contributed by atoms with Gasteiger partial charge in [-0.3, -0.25) is 4.79 Å². The van der Waals surface area contributed by atoms with Crippen molar-refractivity contribution in [2.75, 3.05) is 18.0 Å². The number of fused-ring (bicyclic) bond motifs is 2. The highest BCUT2D eigenvalue weighted by Gasteiger charge is 2.31. The molecule has 0 aliphatic carbocycles. The minimum Gasteiger partial charge on any atom is -0.341 e. The maximum Gasteiger partial charge on any atom is 0.245 e. The van der Waals surface area contributed by atoms with E-state index in [2.05, 4.69) is 41.3 Å². The summed E-state index contributed by atoms with van der Waals surface area (Å²) in [5, 5.41) is 0. The molecule has 1 amide bonds. The number of hydrogen-bond donors (Lipinski definition) is 0. The first kappa shape index (κ1) is 15.9. The van der Waals surface area contributed by atoms with Crippen molar-refractivity contribution >= 4 is 29.0 Å². The standard InChI is InChI=1S/C19H22N2OS/c1-4-20(5-2)19(22)14(3)21-15-10-6-8-12-17(15)23-18-13-9-7-11-16(18)21/h6-14H,4-5H2,1-3H3. The van der Waals surface area contributed by atoms with Gasteiger partial charge in [0.1, 0.15) is 6.04 Å². The Morgan fingerprint density at radius 1 is 1.00 bits per heavy atom. The highest BCUT2D eigenvalue weighted by Crippen LogP contribution is 2.48. The Kier molecular flexibility index (Phi) is 4.62. The van der Waals surface area contributed by atoms with Crippen molar-refractivity contribution in [3.63, 3.8) is 0 Å². The molecule has 0 saturated carbocycles. The number of anilines is 2. The third kappa shape index (κ3) is 2.83. The highest BCUT2D eigenvalue weighted by molar-refractivity contribution is 7.99. The molecular weight excluding hydrogens is 304 g/mol. The first-order valence-corrected chi connectivity index (χ1v) is 8.93. The van der Waals surface area contributed by atoms with Crippen molar-refractivity contribution in [2.24, 2.45) is 0 Å². The van der Waals surface area contributed by atoms with Gasteiger partial charge in [0.25, 0.3) is 0 Å². The normalized spacial score (nSPS) is 14.0. The summed E-state index contributed by atoms with van der Waals surface area (Å²) in [4.78, 5) is 19.4. The molecule has 0 saturated heterocycles. The summed E-state index contributed by atoms with van der Waals surface area (Å²) in [5.41, 5.74) is 2.23. The summed E-state index contributed by atoms with van der Waals surface area (Å²) >= 11 is 1.77. The van der Waals surface area contributed by atoms with E-state index in [4.69, 9.17) is 0 Å². The summed E-state index contributed by atoms with van der Waals surface area (Å²) in [6, 6.07) is 16.4. The lowest BCUT2D eigenvalue weighted by molar-refractivity contribution is -0.131. The number of carbonyl (C=O) groups excluding carboxylic acids is 1. The molecule has 0 spiro atoms. The van der Waals surface area contributed by atoms with Gasteiger partial charge >= 0.3 is 0 Å². The van der Waals surface area contributed by atoms with E-state index in [1.165, 1.54) is 9.79 Å². The van der Waals surface area contributed by atoms with Gasteiger partial charge in [0.2, 0.25) is 5.91 Å². The number of carbonyl (C=O) groups is 1. The number of rotatable bonds is 4. The molecule has 2 aromatic rings. The largest absolute Gasteiger partial charge is 0.341 e. The fourth-order valence-electron chi connectivity index (χ4n) is 3.06. The molecule has 1 aliphatic heterocycles. The molecule has 2 aromatic carbocycles. The molecule has 4 heteroatoms. The molecule has 1 aliphatic rings. The number of para-hydroxylation sites is 2. The van der Waals surface area contributed by atoms with E-state index in [0.717, 1.165) is 24.5 Å². The molecule has 120 valence electrons. The van der Waals surface area contributed by atoms with Gasteiger partial charge in [0, 0.05) is 22.9 Å².